The van der Waals surface area contributed by atoms with Gasteiger partial charge in [0, 0.05) is 25.7 Å². The van der Waals surface area contributed by atoms with Crippen LogP contribution in [0.4, 0.5) is 4.39 Å². The van der Waals surface area contributed by atoms with Crippen molar-refractivity contribution in [3.05, 3.63) is 52.0 Å². The SMILES string of the molecule is CC[C@@H](C)NC(=O)Cn1nc2n(c1=O)CCN(Cc1cccc(F)c1)C2=O. The Labute approximate surface area is 155 Å². The normalized spacial score (nSPS) is 14.8. The second-order valence-corrected chi connectivity index (χ2v) is 6.65. The maximum atomic E-state index is 13.3. The standard InChI is InChI=1S/C18H22FN5O3/c1-3-12(2)20-15(25)11-24-18(27)23-8-7-22(17(26)16(23)21-24)10-13-5-4-6-14(19)9-13/h4-6,9,12H,3,7-8,10-11H2,1-2H3,(H,20,25)/t12-/m1/s1. The largest absolute Gasteiger partial charge is 0.352 e. The van der Waals surface area contributed by atoms with Crippen molar-refractivity contribution >= 4 is 11.8 Å². The topological polar surface area (TPSA) is 89.2 Å². The van der Waals surface area contributed by atoms with Gasteiger partial charge in [0.15, 0.2) is 0 Å². The van der Waals surface area contributed by atoms with Crippen molar-refractivity contribution in [3.63, 3.8) is 0 Å². The third-order valence-electron chi connectivity index (χ3n) is 4.57. The van der Waals surface area contributed by atoms with Gasteiger partial charge in [0.1, 0.15) is 12.4 Å². The van der Waals surface area contributed by atoms with Gasteiger partial charge in [-0.15, -0.1) is 5.10 Å². The van der Waals surface area contributed by atoms with Crippen molar-refractivity contribution in [2.45, 2.75) is 45.9 Å². The number of carbonyl (C=O) groups excluding carboxylic acids is 2. The van der Waals surface area contributed by atoms with Gasteiger partial charge >= 0.3 is 5.69 Å². The molecule has 0 unspecified atom stereocenters. The molecule has 0 aliphatic carbocycles. The fourth-order valence-corrected chi connectivity index (χ4v) is 2.93. The van der Waals surface area contributed by atoms with Gasteiger partial charge in [-0.05, 0) is 31.0 Å². The maximum Gasteiger partial charge on any atom is 0.346 e. The Morgan fingerprint density at radius 3 is 2.81 bits per heavy atom. The lowest BCUT2D eigenvalue weighted by Crippen LogP contribution is -2.42. The zero-order valence-electron chi connectivity index (χ0n) is 15.3. The van der Waals surface area contributed by atoms with Crippen molar-refractivity contribution in [3.8, 4) is 0 Å². The van der Waals surface area contributed by atoms with Crippen LogP contribution in [0.1, 0.15) is 36.5 Å². The molecule has 0 saturated heterocycles. The van der Waals surface area contributed by atoms with E-state index in [-0.39, 0.29) is 43.2 Å². The molecule has 2 amide bonds. The zero-order valence-corrected chi connectivity index (χ0v) is 15.3. The molecular formula is C18H22FN5O3. The molecule has 27 heavy (non-hydrogen) atoms. The Morgan fingerprint density at radius 2 is 2.11 bits per heavy atom. The minimum atomic E-state index is -0.483. The third kappa shape index (κ3) is 4.07. The number of carbonyl (C=O) groups is 2. The first-order chi connectivity index (χ1) is 12.9. The van der Waals surface area contributed by atoms with Crippen molar-refractivity contribution in [2.24, 2.45) is 0 Å². The van der Waals surface area contributed by atoms with E-state index in [1.165, 1.54) is 21.6 Å². The molecule has 144 valence electrons. The number of rotatable bonds is 6. The number of fused-ring (bicyclic) bond motifs is 1. The predicted octanol–water partition coefficient (Wildman–Crippen LogP) is 0.755. The van der Waals surface area contributed by atoms with Crippen LogP contribution in [0.3, 0.4) is 0 Å². The number of nitrogens with zero attached hydrogens (tertiary/aromatic N) is 4. The molecule has 0 spiro atoms. The van der Waals surface area contributed by atoms with Crippen LogP contribution in [0.2, 0.25) is 0 Å². The number of nitrogens with one attached hydrogen (secondary N) is 1. The Kier molecular flexibility index (Phi) is 5.38. The first-order valence-electron chi connectivity index (χ1n) is 8.89. The first-order valence-corrected chi connectivity index (χ1v) is 8.89. The molecule has 1 aromatic heterocycles. The Bertz CT molecular complexity index is 920. The Balaban J connectivity index is 1.76. The molecule has 2 aromatic rings. The van der Waals surface area contributed by atoms with Crippen LogP contribution < -0.4 is 11.0 Å². The van der Waals surface area contributed by atoms with Crippen molar-refractivity contribution in [1.82, 2.24) is 24.6 Å². The minimum Gasteiger partial charge on any atom is -0.352 e. The molecule has 3 rings (SSSR count). The number of hydrogen-bond donors (Lipinski definition) is 1. The summed E-state index contributed by atoms with van der Waals surface area (Å²) in [6, 6.07) is 6.02. The Morgan fingerprint density at radius 1 is 1.33 bits per heavy atom. The van der Waals surface area contributed by atoms with Crippen LogP contribution in [0.5, 0.6) is 0 Å². The summed E-state index contributed by atoms with van der Waals surface area (Å²) in [4.78, 5) is 38.6. The van der Waals surface area contributed by atoms with E-state index in [9.17, 15) is 18.8 Å². The summed E-state index contributed by atoms with van der Waals surface area (Å²) in [6.45, 7) is 4.40. The van der Waals surface area contributed by atoms with Gasteiger partial charge < -0.3 is 10.2 Å². The fourth-order valence-electron chi connectivity index (χ4n) is 2.93. The summed E-state index contributed by atoms with van der Waals surface area (Å²) < 4.78 is 15.6. The van der Waals surface area contributed by atoms with E-state index in [1.807, 2.05) is 13.8 Å². The smallest absolute Gasteiger partial charge is 0.346 e. The maximum absolute atomic E-state index is 13.3. The van der Waals surface area contributed by atoms with Crippen molar-refractivity contribution in [2.75, 3.05) is 6.54 Å². The van der Waals surface area contributed by atoms with E-state index in [2.05, 4.69) is 10.4 Å². The molecule has 0 saturated carbocycles. The summed E-state index contributed by atoms with van der Waals surface area (Å²) in [6.07, 6.45) is 0.772. The molecule has 1 aromatic carbocycles. The van der Waals surface area contributed by atoms with Gasteiger partial charge in [-0.25, -0.2) is 13.9 Å². The molecular weight excluding hydrogens is 353 g/mol. The van der Waals surface area contributed by atoms with Gasteiger partial charge in [-0.3, -0.25) is 14.2 Å². The van der Waals surface area contributed by atoms with E-state index in [0.29, 0.717) is 12.1 Å². The van der Waals surface area contributed by atoms with Crippen LogP contribution in [0.15, 0.2) is 29.1 Å². The zero-order chi connectivity index (χ0) is 19.6. The molecule has 0 bridgehead atoms. The van der Waals surface area contributed by atoms with Gasteiger partial charge in [-0.1, -0.05) is 19.1 Å². The van der Waals surface area contributed by atoms with E-state index < -0.39 is 11.6 Å². The summed E-state index contributed by atoms with van der Waals surface area (Å²) in [5.41, 5.74) is 0.176. The molecule has 1 N–H and O–H groups in total. The van der Waals surface area contributed by atoms with Crippen LogP contribution in [-0.4, -0.2) is 43.6 Å². The quantitative estimate of drug-likeness (QED) is 0.807. The van der Waals surface area contributed by atoms with E-state index in [0.717, 1.165) is 11.1 Å². The van der Waals surface area contributed by atoms with Crippen molar-refractivity contribution < 1.29 is 14.0 Å². The molecule has 8 nitrogen and oxygen atoms in total. The lowest BCUT2D eigenvalue weighted by Gasteiger charge is -2.26. The van der Waals surface area contributed by atoms with Gasteiger partial charge in [0.05, 0.1) is 0 Å². The highest BCUT2D eigenvalue weighted by Gasteiger charge is 2.30. The van der Waals surface area contributed by atoms with Gasteiger partial charge in [0.25, 0.3) is 5.91 Å². The first kappa shape index (κ1) is 18.8. The lowest BCUT2D eigenvalue weighted by atomic mass is 10.2. The highest BCUT2D eigenvalue weighted by atomic mass is 19.1. The number of benzene rings is 1. The lowest BCUT2D eigenvalue weighted by molar-refractivity contribution is -0.122. The molecule has 1 atom stereocenters. The number of hydrogen-bond acceptors (Lipinski definition) is 4. The molecule has 0 radical (unpaired) electrons. The summed E-state index contributed by atoms with van der Waals surface area (Å²) >= 11 is 0. The predicted molar refractivity (Wildman–Crippen MR) is 95.5 cm³/mol. The van der Waals surface area contributed by atoms with Crippen LogP contribution in [0, 0.1) is 5.82 Å². The second kappa shape index (κ2) is 7.73. The highest BCUT2D eigenvalue weighted by molar-refractivity contribution is 5.91. The van der Waals surface area contributed by atoms with E-state index in [1.54, 1.807) is 12.1 Å². The second-order valence-electron chi connectivity index (χ2n) is 6.65. The number of halogens is 1. The van der Waals surface area contributed by atoms with E-state index in [4.69, 9.17) is 0 Å². The van der Waals surface area contributed by atoms with Gasteiger partial charge in [-0.2, -0.15) is 0 Å². The van der Waals surface area contributed by atoms with Crippen molar-refractivity contribution in [1.29, 1.82) is 0 Å². The molecule has 1 aliphatic rings. The van der Waals surface area contributed by atoms with Crippen LogP contribution in [-0.2, 0) is 24.4 Å². The highest BCUT2D eigenvalue weighted by Crippen LogP contribution is 2.13. The number of amides is 2. The summed E-state index contributed by atoms with van der Waals surface area (Å²) in [5.74, 6) is -1.11. The average Bonchev–Trinajstić information content (AvgIpc) is 2.94. The minimum absolute atomic E-state index is 0.000932. The summed E-state index contributed by atoms with van der Waals surface area (Å²) in [7, 11) is 0. The monoisotopic (exact) mass is 375 g/mol. The van der Waals surface area contributed by atoms with Gasteiger partial charge in [0.2, 0.25) is 11.7 Å². The molecule has 2 heterocycles. The van der Waals surface area contributed by atoms with Crippen LogP contribution in [0.25, 0.3) is 0 Å². The van der Waals surface area contributed by atoms with Crippen LogP contribution >= 0.6 is 0 Å². The summed E-state index contributed by atoms with van der Waals surface area (Å²) in [5, 5.41) is 6.82. The average molecular weight is 375 g/mol. The third-order valence-corrected chi connectivity index (χ3v) is 4.57. The number of aromatic nitrogens is 3. The molecule has 1 aliphatic heterocycles. The van der Waals surface area contributed by atoms with E-state index >= 15 is 0 Å². The molecule has 9 heteroatoms. The molecule has 0 fully saturated rings. The fraction of sp³-hybridized carbons (Fsp3) is 0.444. The Hall–Kier alpha value is -2.97.